The number of hydrogen-bond donors (Lipinski definition) is 2. The first kappa shape index (κ1) is 21.1. The van der Waals surface area contributed by atoms with Crippen LogP contribution in [0.1, 0.15) is 32.8 Å². The Hall–Kier alpha value is -3.11. The molecule has 11 heteroatoms. The molecule has 2 aromatic rings. The summed E-state index contributed by atoms with van der Waals surface area (Å²) in [6.45, 7) is 0.665. The van der Waals surface area contributed by atoms with E-state index in [-0.39, 0.29) is 29.4 Å². The smallest absolute Gasteiger partial charge is 0.278 e. The second-order valence-electron chi connectivity index (χ2n) is 7.52. The van der Waals surface area contributed by atoms with Crippen molar-refractivity contribution in [3.05, 3.63) is 62.3 Å². The maximum atomic E-state index is 13.3. The Labute approximate surface area is 181 Å². The van der Waals surface area contributed by atoms with Crippen molar-refractivity contribution in [1.82, 2.24) is 14.9 Å². The van der Waals surface area contributed by atoms with Gasteiger partial charge in [0.05, 0.1) is 18.2 Å². The molecule has 2 aliphatic rings. The van der Waals surface area contributed by atoms with E-state index >= 15 is 0 Å². The first-order chi connectivity index (χ1) is 14.7. The molecule has 1 aromatic heterocycles. The summed E-state index contributed by atoms with van der Waals surface area (Å²) in [5.74, 6) is -2.70. The predicted molar refractivity (Wildman–Crippen MR) is 109 cm³/mol. The minimum Gasteiger partial charge on any atom is -0.502 e. The number of aromatic hydroxyl groups is 1. The quantitative estimate of drug-likeness (QED) is 0.724. The van der Waals surface area contributed by atoms with Crippen molar-refractivity contribution in [2.75, 3.05) is 32.3 Å². The number of nitrogens with one attached hydrogen (secondary N) is 1. The number of fused-ring (bicyclic) bond motifs is 1. The Morgan fingerprint density at radius 2 is 2.10 bits per heavy atom. The van der Waals surface area contributed by atoms with Crippen LogP contribution in [0.2, 0.25) is 5.02 Å². The number of likely N-dealkylation sites (N-methyl/N-ethyl adjacent to an activating group) is 2. The Kier molecular flexibility index (Phi) is 5.14. The molecule has 4 rings (SSSR count). The second kappa shape index (κ2) is 7.54. The Morgan fingerprint density at radius 3 is 2.74 bits per heavy atom. The molecule has 9 nitrogen and oxygen atoms in total. The number of carbonyl (C=O) groups is 2. The van der Waals surface area contributed by atoms with Crippen LogP contribution in [0.5, 0.6) is 5.75 Å². The van der Waals surface area contributed by atoms with Gasteiger partial charge in [-0.15, -0.1) is 0 Å². The number of benzene rings is 1. The van der Waals surface area contributed by atoms with E-state index in [0.717, 1.165) is 0 Å². The molecule has 1 unspecified atom stereocenters. The molecular formula is C20H20ClFN4O5. The van der Waals surface area contributed by atoms with Crippen LogP contribution in [0.4, 0.5) is 4.39 Å². The van der Waals surface area contributed by atoms with Crippen LogP contribution in [-0.4, -0.2) is 59.5 Å². The van der Waals surface area contributed by atoms with Gasteiger partial charge in [0, 0.05) is 33.3 Å². The van der Waals surface area contributed by atoms with E-state index in [0.29, 0.717) is 18.6 Å². The Bertz CT molecular complexity index is 1150. The number of rotatable bonds is 3. The van der Waals surface area contributed by atoms with Crippen molar-refractivity contribution in [3.8, 4) is 5.75 Å². The molecule has 3 heterocycles. The summed E-state index contributed by atoms with van der Waals surface area (Å²) < 4.78 is 20.1. The van der Waals surface area contributed by atoms with Crippen molar-refractivity contribution in [2.45, 2.75) is 18.6 Å². The summed E-state index contributed by atoms with van der Waals surface area (Å²) in [6.07, 6.45) is 1.75. The highest BCUT2D eigenvalue weighted by Crippen LogP contribution is 2.34. The zero-order valence-corrected chi connectivity index (χ0v) is 17.6. The molecule has 2 N–H and O–H groups in total. The van der Waals surface area contributed by atoms with Gasteiger partial charge >= 0.3 is 0 Å². The number of nitrogens with zero attached hydrogens (tertiary/aromatic N) is 3. The number of amides is 2. The number of carbonyl (C=O) groups excluding carboxylic acids is 2. The van der Waals surface area contributed by atoms with E-state index < -0.39 is 34.5 Å². The molecule has 1 fully saturated rings. The van der Waals surface area contributed by atoms with E-state index in [1.165, 1.54) is 34.0 Å². The molecular weight excluding hydrogens is 431 g/mol. The molecule has 1 spiro atoms. The minimum absolute atomic E-state index is 0.0178. The number of pyridine rings is 1. The van der Waals surface area contributed by atoms with Crippen LogP contribution < -0.4 is 15.8 Å². The molecule has 2 aliphatic heterocycles. The van der Waals surface area contributed by atoms with Gasteiger partial charge in [0.2, 0.25) is 5.43 Å². The maximum Gasteiger partial charge on any atom is 0.278 e. The summed E-state index contributed by atoms with van der Waals surface area (Å²) in [7, 11) is 3.27. The summed E-state index contributed by atoms with van der Waals surface area (Å²) in [5, 5.41) is 14.6. The lowest BCUT2D eigenvalue weighted by atomic mass is 10.0. The first-order valence-corrected chi connectivity index (χ1v) is 9.86. The number of halogens is 2. The molecule has 0 saturated carbocycles. The third-order valence-electron chi connectivity index (χ3n) is 5.88. The molecule has 1 atom stereocenters. The average Bonchev–Trinajstić information content (AvgIpc) is 3.24. The van der Waals surface area contributed by atoms with Crippen molar-refractivity contribution in [2.24, 2.45) is 0 Å². The van der Waals surface area contributed by atoms with Gasteiger partial charge in [-0.25, -0.2) is 4.39 Å². The van der Waals surface area contributed by atoms with Crippen molar-refractivity contribution in [1.29, 1.82) is 0 Å². The largest absolute Gasteiger partial charge is 0.502 e. The van der Waals surface area contributed by atoms with Gasteiger partial charge < -0.3 is 20.1 Å². The van der Waals surface area contributed by atoms with Gasteiger partial charge in [-0.1, -0.05) is 17.7 Å². The highest BCUT2D eigenvalue weighted by atomic mass is 35.5. The van der Waals surface area contributed by atoms with E-state index in [4.69, 9.17) is 16.3 Å². The number of ether oxygens (including phenoxy) is 1. The highest BCUT2D eigenvalue weighted by Gasteiger charge is 2.50. The van der Waals surface area contributed by atoms with Gasteiger partial charge in [0.1, 0.15) is 11.4 Å². The zero-order chi connectivity index (χ0) is 22.5. The third kappa shape index (κ3) is 3.22. The summed E-state index contributed by atoms with van der Waals surface area (Å²) >= 11 is 5.75. The Morgan fingerprint density at radius 1 is 1.35 bits per heavy atom. The Balaban J connectivity index is 1.69. The van der Waals surface area contributed by atoms with Crippen LogP contribution in [0, 0.1) is 5.82 Å². The van der Waals surface area contributed by atoms with Crippen LogP contribution in [0.25, 0.3) is 0 Å². The van der Waals surface area contributed by atoms with Crippen LogP contribution in [0.15, 0.2) is 29.2 Å². The van der Waals surface area contributed by atoms with E-state index in [1.807, 2.05) is 0 Å². The van der Waals surface area contributed by atoms with E-state index in [1.54, 1.807) is 19.1 Å². The normalized spacial score (nSPS) is 20.3. The molecule has 31 heavy (non-hydrogen) atoms. The first-order valence-electron chi connectivity index (χ1n) is 9.48. The average molecular weight is 451 g/mol. The maximum absolute atomic E-state index is 13.3. The third-order valence-corrected chi connectivity index (χ3v) is 6.17. The van der Waals surface area contributed by atoms with Gasteiger partial charge in [-0.3, -0.25) is 24.1 Å². The fourth-order valence-electron chi connectivity index (χ4n) is 3.94. The fraction of sp³-hybridized carbons (Fsp3) is 0.350. The van der Waals surface area contributed by atoms with E-state index in [2.05, 4.69) is 5.32 Å². The molecule has 164 valence electrons. The van der Waals surface area contributed by atoms with Gasteiger partial charge in [-0.05, 0) is 17.7 Å². The van der Waals surface area contributed by atoms with Gasteiger partial charge in [-0.2, -0.15) is 0 Å². The van der Waals surface area contributed by atoms with Gasteiger partial charge in [0.25, 0.3) is 11.8 Å². The second-order valence-corrected chi connectivity index (χ2v) is 7.92. The highest BCUT2D eigenvalue weighted by molar-refractivity contribution is 6.30. The van der Waals surface area contributed by atoms with Crippen molar-refractivity contribution < 1.29 is 23.8 Å². The van der Waals surface area contributed by atoms with Crippen molar-refractivity contribution in [3.63, 3.8) is 0 Å². The minimum atomic E-state index is -0.963. The van der Waals surface area contributed by atoms with Crippen LogP contribution >= 0.6 is 11.6 Å². The summed E-state index contributed by atoms with van der Waals surface area (Å²) in [4.78, 5) is 39.7. The number of hydrogen-bond acceptors (Lipinski definition) is 6. The molecule has 1 aromatic carbocycles. The standard InChI is InChI=1S/C20H20ClFN4O5/c1-24-19(30)15-17(28)16(27)12(9-26(15)25(2)20(24)5-6-31-10-20)18(29)23-8-11-3-4-14(22)13(21)7-11/h3-4,7,9,28H,5-6,8,10H2,1-2H3,(H,23,29). The molecule has 0 radical (unpaired) electrons. The van der Waals surface area contributed by atoms with Crippen LogP contribution in [0.3, 0.4) is 0 Å². The molecule has 2 amide bonds. The monoisotopic (exact) mass is 450 g/mol. The topological polar surface area (TPSA) is 104 Å². The molecule has 1 saturated heterocycles. The summed E-state index contributed by atoms with van der Waals surface area (Å²) in [5.41, 5.74) is -1.81. The summed E-state index contributed by atoms with van der Waals surface area (Å²) in [6, 6.07) is 3.98. The number of aromatic nitrogens is 1. The van der Waals surface area contributed by atoms with Crippen LogP contribution in [-0.2, 0) is 11.3 Å². The lowest BCUT2D eigenvalue weighted by Crippen LogP contribution is -2.68. The predicted octanol–water partition coefficient (Wildman–Crippen LogP) is 1.05. The molecule has 0 aliphatic carbocycles. The lowest BCUT2D eigenvalue weighted by molar-refractivity contribution is 0.0330. The lowest BCUT2D eigenvalue weighted by Gasteiger charge is -2.50. The zero-order valence-electron chi connectivity index (χ0n) is 16.8. The fourth-order valence-corrected chi connectivity index (χ4v) is 4.15. The van der Waals surface area contributed by atoms with E-state index in [9.17, 15) is 23.9 Å². The SMILES string of the molecule is CN1C(=O)c2c(O)c(=O)c(C(=O)NCc3ccc(F)c(Cl)c3)cn2N(C)C12CCOC2. The van der Waals surface area contributed by atoms with Crippen molar-refractivity contribution >= 4 is 23.4 Å². The van der Waals surface area contributed by atoms with Gasteiger partial charge in [0.15, 0.2) is 17.1 Å². The molecule has 0 bridgehead atoms.